The largest absolute Gasteiger partial charge is 0.261 e. The van der Waals surface area contributed by atoms with Gasteiger partial charge < -0.3 is 0 Å². The van der Waals surface area contributed by atoms with Crippen LogP contribution in [-0.4, -0.2) is 10.3 Å². The molecule has 0 amide bonds. The van der Waals surface area contributed by atoms with Crippen molar-refractivity contribution < 1.29 is 0 Å². The van der Waals surface area contributed by atoms with E-state index in [1.807, 2.05) is 6.20 Å². The van der Waals surface area contributed by atoms with Crippen LogP contribution in [0.3, 0.4) is 0 Å². The maximum absolute atomic E-state index is 4.31. The lowest BCUT2D eigenvalue weighted by Crippen LogP contribution is -2.11. The van der Waals surface area contributed by atoms with Crippen LogP contribution in [-0.2, 0) is 11.8 Å². The number of rotatable bonds is 2. The second-order valence-corrected chi connectivity index (χ2v) is 5.02. The van der Waals surface area contributed by atoms with Crippen molar-refractivity contribution in [2.45, 2.75) is 32.6 Å². The van der Waals surface area contributed by atoms with Gasteiger partial charge in [-0.3, -0.25) is 4.98 Å². The maximum atomic E-state index is 4.31. The smallest absolute Gasteiger partial charge is 0.0414 e. The van der Waals surface area contributed by atoms with Crippen molar-refractivity contribution in [2.75, 3.05) is 5.33 Å². The van der Waals surface area contributed by atoms with Crippen molar-refractivity contribution in [2.24, 2.45) is 0 Å². The van der Waals surface area contributed by atoms with Gasteiger partial charge in [-0.05, 0) is 29.5 Å². The highest BCUT2D eigenvalue weighted by Gasteiger charge is 2.13. The first-order valence-electron chi connectivity index (χ1n) is 4.55. The van der Waals surface area contributed by atoms with Crippen LogP contribution in [0.5, 0.6) is 0 Å². The monoisotopic (exact) mass is 241 g/mol. The first-order chi connectivity index (χ1) is 6.04. The molecule has 0 aliphatic rings. The molecule has 1 aromatic rings. The highest BCUT2D eigenvalue weighted by atomic mass is 79.9. The van der Waals surface area contributed by atoms with E-state index in [9.17, 15) is 0 Å². The van der Waals surface area contributed by atoms with Crippen molar-refractivity contribution >= 4 is 15.9 Å². The predicted octanol–water partition coefficient (Wildman–Crippen LogP) is 3.32. The minimum Gasteiger partial charge on any atom is -0.261 e. The topological polar surface area (TPSA) is 12.9 Å². The molecule has 0 aliphatic heterocycles. The van der Waals surface area contributed by atoms with Crippen molar-refractivity contribution in [3.8, 4) is 0 Å². The van der Waals surface area contributed by atoms with E-state index in [0.29, 0.717) is 0 Å². The maximum Gasteiger partial charge on any atom is 0.0414 e. The number of halogens is 1. The zero-order chi connectivity index (χ0) is 9.90. The Labute approximate surface area is 88.7 Å². The number of nitrogens with zero attached hydrogens (tertiary/aromatic N) is 1. The Kier molecular flexibility index (Phi) is 3.48. The first-order valence-corrected chi connectivity index (χ1v) is 5.67. The van der Waals surface area contributed by atoms with Crippen LogP contribution >= 0.6 is 15.9 Å². The third-order valence-corrected chi connectivity index (χ3v) is 2.43. The Bertz CT molecular complexity index is 276. The van der Waals surface area contributed by atoms with Gasteiger partial charge in [0.05, 0.1) is 0 Å². The average molecular weight is 242 g/mol. The minimum atomic E-state index is 0.226. The molecule has 0 aromatic carbocycles. The number of hydrogen-bond acceptors (Lipinski definition) is 1. The molecule has 0 saturated heterocycles. The van der Waals surface area contributed by atoms with Crippen LogP contribution in [0.15, 0.2) is 18.3 Å². The fourth-order valence-electron chi connectivity index (χ4n) is 1.18. The number of aromatic nitrogens is 1. The SMILES string of the molecule is CC(C)(C)c1ccnc(CCBr)c1. The molecule has 72 valence electrons. The van der Waals surface area contributed by atoms with Crippen LogP contribution in [0.25, 0.3) is 0 Å². The van der Waals surface area contributed by atoms with E-state index in [1.54, 1.807) is 0 Å². The van der Waals surface area contributed by atoms with E-state index in [0.717, 1.165) is 11.8 Å². The quantitative estimate of drug-likeness (QED) is 0.725. The molecule has 1 rings (SSSR count). The molecule has 0 radical (unpaired) electrons. The van der Waals surface area contributed by atoms with Crippen molar-refractivity contribution in [1.29, 1.82) is 0 Å². The summed E-state index contributed by atoms with van der Waals surface area (Å²) < 4.78 is 0. The molecule has 0 unspecified atom stereocenters. The van der Waals surface area contributed by atoms with E-state index in [1.165, 1.54) is 11.3 Å². The van der Waals surface area contributed by atoms with Gasteiger partial charge in [0.2, 0.25) is 0 Å². The van der Waals surface area contributed by atoms with Gasteiger partial charge in [0.1, 0.15) is 0 Å². The summed E-state index contributed by atoms with van der Waals surface area (Å²) in [7, 11) is 0. The molecule has 1 nitrogen and oxygen atoms in total. The minimum absolute atomic E-state index is 0.226. The molecular weight excluding hydrogens is 226 g/mol. The molecular formula is C11H16BrN. The third-order valence-electron chi connectivity index (χ3n) is 2.03. The molecule has 0 spiro atoms. The number of aryl methyl sites for hydroxylation is 1. The third kappa shape index (κ3) is 3.11. The lowest BCUT2D eigenvalue weighted by molar-refractivity contribution is 0.588. The Hall–Kier alpha value is -0.370. The fraction of sp³-hybridized carbons (Fsp3) is 0.545. The predicted molar refractivity (Wildman–Crippen MR) is 60.4 cm³/mol. The lowest BCUT2D eigenvalue weighted by atomic mass is 9.87. The van der Waals surface area contributed by atoms with Gasteiger partial charge in [-0.25, -0.2) is 0 Å². The Balaban J connectivity index is 2.92. The summed E-state index contributed by atoms with van der Waals surface area (Å²) in [4.78, 5) is 4.31. The molecule has 13 heavy (non-hydrogen) atoms. The van der Waals surface area contributed by atoms with Crippen molar-refractivity contribution in [3.05, 3.63) is 29.6 Å². The van der Waals surface area contributed by atoms with E-state index in [2.05, 4.69) is 53.8 Å². The van der Waals surface area contributed by atoms with Gasteiger partial charge in [-0.1, -0.05) is 36.7 Å². The van der Waals surface area contributed by atoms with Crippen LogP contribution in [0.1, 0.15) is 32.0 Å². The average Bonchev–Trinajstić information content (AvgIpc) is 2.04. The summed E-state index contributed by atoms with van der Waals surface area (Å²) in [5.41, 5.74) is 2.76. The summed E-state index contributed by atoms with van der Waals surface area (Å²) in [5.74, 6) is 0. The summed E-state index contributed by atoms with van der Waals surface area (Å²) >= 11 is 3.42. The zero-order valence-corrected chi connectivity index (χ0v) is 10.1. The lowest BCUT2D eigenvalue weighted by Gasteiger charge is -2.19. The second kappa shape index (κ2) is 4.23. The molecule has 0 N–H and O–H groups in total. The zero-order valence-electron chi connectivity index (χ0n) is 8.47. The summed E-state index contributed by atoms with van der Waals surface area (Å²) in [5, 5.41) is 0.980. The number of pyridine rings is 1. The molecule has 0 atom stereocenters. The normalized spacial score (nSPS) is 11.7. The van der Waals surface area contributed by atoms with Crippen LogP contribution < -0.4 is 0 Å². The van der Waals surface area contributed by atoms with Gasteiger partial charge in [-0.15, -0.1) is 0 Å². The molecule has 2 heteroatoms. The summed E-state index contributed by atoms with van der Waals surface area (Å²) in [6.45, 7) is 6.67. The van der Waals surface area contributed by atoms with Gasteiger partial charge in [-0.2, -0.15) is 0 Å². The van der Waals surface area contributed by atoms with Crippen LogP contribution in [0.4, 0.5) is 0 Å². The van der Waals surface area contributed by atoms with Gasteiger partial charge in [0, 0.05) is 17.2 Å². The van der Waals surface area contributed by atoms with Crippen molar-refractivity contribution in [3.63, 3.8) is 0 Å². The van der Waals surface area contributed by atoms with E-state index in [4.69, 9.17) is 0 Å². The van der Waals surface area contributed by atoms with E-state index in [-0.39, 0.29) is 5.41 Å². The molecule has 0 saturated carbocycles. The highest BCUT2D eigenvalue weighted by Crippen LogP contribution is 2.21. The molecule has 0 bridgehead atoms. The summed E-state index contributed by atoms with van der Waals surface area (Å²) in [6.07, 6.45) is 2.91. The standard InChI is InChI=1S/C11H16BrN/c1-11(2,3)9-5-7-13-10(8-9)4-6-12/h5,7-8H,4,6H2,1-3H3. The molecule has 0 aliphatic carbocycles. The van der Waals surface area contributed by atoms with Gasteiger partial charge >= 0.3 is 0 Å². The Morgan fingerprint density at radius 1 is 1.38 bits per heavy atom. The first kappa shape index (κ1) is 10.7. The molecule has 1 heterocycles. The van der Waals surface area contributed by atoms with Crippen LogP contribution in [0.2, 0.25) is 0 Å². The number of hydrogen-bond donors (Lipinski definition) is 0. The van der Waals surface area contributed by atoms with E-state index < -0.39 is 0 Å². The van der Waals surface area contributed by atoms with Crippen LogP contribution in [0, 0.1) is 0 Å². The van der Waals surface area contributed by atoms with E-state index >= 15 is 0 Å². The number of alkyl halides is 1. The highest BCUT2D eigenvalue weighted by molar-refractivity contribution is 9.09. The fourth-order valence-corrected chi connectivity index (χ4v) is 1.58. The van der Waals surface area contributed by atoms with Crippen molar-refractivity contribution in [1.82, 2.24) is 4.98 Å². The Morgan fingerprint density at radius 3 is 2.62 bits per heavy atom. The molecule has 1 aromatic heterocycles. The van der Waals surface area contributed by atoms with Gasteiger partial charge in [0.15, 0.2) is 0 Å². The van der Waals surface area contributed by atoms with Gasteiger partial charge in [0.25, 0.3) is 0 Å². The Morgan fingerprint density at radius 2 is 2.08 bits per heavy atom. The molecule has 0 fully saturated rings. The summed E-state index contributed by atoms with van der Waals surface area (Å²) in [6, 6.07) is 4.29. The second-order valence-electron chi connectivity index (χ2n) is 4.22.